The van der Waals surface area contributed by atoms with Crippen molar-refractivity contribution in [3.8, 4) is 0 Å². The van der Waals surface area contributed by atoms with E-state index in [1.54, 1.807) is 6.07 Å². The lowest BCUT2D eigenvalue weighted by molar-refractivity contribution is -0.137. The molecule has 1 nitrogen and oxygen atoms in total. The molecule has 0 saturated carbocycles. The molecule has 94 valence electrons. The predicted octanol–water partition coefficient (Wildman–Crippen LogP) is 4.40. The second kappa shape index (κ2) is 3.65. The molecule has 0 radical (unpaired) electrons. The van der Waals surface area contributed by atoms with Crippen LogP contribution in [-0.4, -0.2) is 5.54 Å². The van der Waals surface area contributed by atoms with Gasteiger partial charge in [-0.05, 0) is 31.0 Å². The fourth-order valence-electron chi connectivity index (χ4n) is 2.37. The number of rotatable bonds is 1. The van der Waals surface area contributed by atoms with Crippen LogP contribution in [0.5, 0.6) is 0 Å². The molecule has 4 heteroatoms. The molecule has 0 amide bonds. The van der Waals surface area contributed by atoms with E-state index >= 15 is 0 Å². The monoisotopic (exact) mass is 243 g/mol. The Labute approximate surface area is 99.0 Å². The van der Waals surface area contributed by atoms with Crippen molar-refractivity contribution >= 4 is 5.69 Å². The molecule has 2 rings (SSSR count). The number of hydrogen-bond donors (Lipinski definition) is 1. The predicted molar refractivity (Wildman–Crippen MR) is 62.2 cm³/mol. The van der Waals surface area contributed by atoms with E-state index < -0.39 is 11.7 Å². The number of halogens is 3. The highest BCUT2D eigenvalue weighted by Gasteiger charge is 2.39. The van der Waals surface area contributed by atoms with E-state index in [1.165, 1.54) is 12.1 Å². The van der Waals surface area contributed by atoms with Crippen LogP contribution < -0.4 is 5.32 Å². The van der Waals surface area contributed by atoms with Crippen molar-refractivity contribution in [2.45, 2.75) is 44.8 Å². The third-order valence-electron chi connectivity index (χ3n) is 3.96. The Morgan fingerprint density at radius 1 is 1.35 bits per heavy atom. The first kappa shape index (κ1) is 12.3. The zero-order chi connectivity index (χ0) is 12.8. The van der Waals surface area contributed by atoms with Crippen LogP contribution in [0.4, 0.5) is 18.9 Å². The van der Waals surface area contributed by atoms with Crippen LogP contribution in [-0.2, 0) is 6.18 Å². The minimum absolute atomic E-state index is 0.146. The molecule has 1 N–H and O–H groups in total. The second-order valence-electron chi connectivity index (χ2n) is 4.92. The summed E-state index contributed by atoms with van der Waals surface area (Å²) in [5.74, 6) is 0.227. The summed E-state index contributed by atoms with van der Waals surface area (Å²) in [7, 11) is 0. The standard InChI is InChI=1S/C13H16F3N/c1-4-12(3)8(2)10-6-5-9(13(14,15)16)7-11(10)17-12/h5-8,17H,4H2,1-3H3. The Hall–Kier alpha value is -1.19. The molecule has 0 bridgehead atoms. The van der Waals surface area contributed by atoms with Gasteiger partial charge in [0.05, 0.1) is 5.56 Å². The fourth-order valence-corrected chi connectivity index (χ4v) is 2.37. The maximum atomic E-state index is 12.6. The Kier molecular flexibility index (Phi) is 2.64. The van der Waals surface area contributed by atoms with Crippen molar-refractivity contribution in [2.24, 2.45) is 0 Å². The number of anilines is 1. The molecule has 1 aromatic carbocycles. The fraction of sp³-hybridized carbons (Fsp3) is 0.538. The quantitative estimate of drug-likeness (QED) is 0.770. The lowest BCUT2D eigenvalue weighted by Gasteiger charge is -2.28. The topological polar surface area (TPSA) is 12.0 Å². The summed E-state index contributed by atoms with van der Waals surface area (Å²) in [5.41, 5.74) is 0.863. The average molecular weight is 243 g/mol. The van der Waals surface area contributed by atoms with Crippen molar-refractivity contribution in [2.75, 3.05) is 5.32 Å². The number of benzene rings is 1. The SMILES string of the molecule is CCC1(C)Nc2cc(C(F)(F)F)ccc2C1C. The van der Waals surface area contributed by atoms with Crippen molar-refractivity contribution in [3.63, 3.8) is 0 Å². The van der Waals surface area contributed by atoms with Crippen LogP contribution >= 0.6 is 0 Å². The van der Waals surface area contributed by atoms with Crippen molar-refractivity contribution in [3.05, 3.63) is 29.3 Å². The van der Waals surface area contributed by atoms with Gasteiger partial charge < -0.3 is 5.32 Å². The Morgan fingerprint density at radius 2 is 2.00 bits per heavy atom. The molecule has 0 fully saturated rings. The van der Waals surface area contributed by atoms with Crippen LogP contribution in [0.3, 0.4) is 0 Å². The van der Waals surface area contributed by atoms with E-state index in [9.17, 15) is 13.2 Å². The molecular weight excluding hydrogens is 227 g/mol. The molecule has 1 aliphatic heterocycles. The first-order valence-corrected chi connectivity index (χ1v) is 5.77. The highest BCUT2D eigenvalue weighted by molar-refractivity contribution is 5.62. The Morgan fingerprint density at radius 3 is 2.53 bits per heavy atom. The first-order valence-electron chi connectivity index (χ1n) is 5.77. The largest absolute Gasteiger partial charge is 0.416 e. The van der Waals surface area contributed by atoms with Gasteiger partial charge >= 0.3 is 6.18 Å². The Bertz CT molecular complexity index is 439. The number of hydrogen-bond acceptors (Lipinski definition) is 1. The summed E-state index contributed by atoms with van der Waals surface area (Å²) < 4.78 is 37.8. The van der Waals surface area contributed by atoms with Gasteiger partial charge in [-0.15, -0.1) is 0 Å². The number of nitrogens with one attached hydrogen (secondary N) is 1. The van der Waals surface area contributed by atoms with Gasteiger partial charge in [0.15, 0.2) is 0 Å². The summed E-state index contributed by atoms with van der Waals surface area (Å²) in [6.45, 7) is 6.14. The maximum absolute atomic E-state index is 12.6. The Balaban J connectivity index is 2.43. The summed E-state index contributed by atoms with van der Waals surface area (Å²) >= 11 is 0. The van der Waals surface area contributed by atoms with Gasteiger partial charge in [-0.1, -0.05) is 19.9 Å². The number of alkyl halides is 3. The summed E-state index contributed by atoms with van der Waals surface area (Å²) in [4.78, 5) is 0. The van der Waals surface area contributed by atoms with Crippen molar-refractivity contribution in [1.29, 1.82) is 0 Å². The van der Waals surface area contributed by atoms with E-state index in [2.05, 4.69) is 12.2 Å². The smallest absolute Gasteiger partial charge is 0.379 e. The normalized spacial score (nSPS) is 27.8. The lowest BCUT2D eigenvalue weighted by Crippen LogP contribution is -2.33. The number of fused-ring (bicyclic) bond motifs is 1. The molecule has 1 heterocycles. The molecule has 1 aliphatic rings. The highest BCUT2D eigenvalue weighted by atomic mass is 19.4. The molecule has 2 unspecified atom stereocenters. The lowest BCUT2D eigenvalue weighted by atomic mass is 9.84. The molecule has 17 heavy (non-hydrogen) atoms. The summed E-state index contributed by atoms with van der Waals surface area (Å²) in [5, 5.41) is 3.22. The van der Waals surface area contributed by atoms with Gasteiger partial charge in [-0.25, -0.2) is 0 Å². The van der Waals surface area contributed by atoms with E-state index in [1.807, 2.05) is 13.8 Å². The van der Waals surface area contributed by atoms with Crippen molar-refractivity contribution < 1.29 is 13.2 Å². The molecule has 0 aromatic heterocycles. The zero-order valence-corrected chi connectivity index (χ0v) is 10.2. The molecule has 1 aromatic rings. The maximum Gasteiger partial charge on any atom is 0.416 e. The third-order valence-corrected chi connectivity index (χ3v) is 3.96. The van der Waals surface area contributed by atoms with Gasteiger partial charge in [0.25, 0.3) is 0 Å². The van der Waals surface area contributed by atoms with Gasteiger partial charge in [0, 0.05) is 17.1 Å². The third kappa shape index (κ3) is 1.90. The van der Waals surface area contributed by atoms with E-state index in [0.717, 1.165) is 12.0 Å². The first-order chi connectivity index (χ1) is 7.78. The molecule has 0 aliphatic carbocycles. The van der Waals surface area contributed by atoms with E-state index in [-0.39, 0.29) is 11.5 Å². The van der Waals surface area contributed by atoms with E-state index in [0.29, 0.717) is 5.69 Å². The van der Waals surface area contributed by atoms with E-state index in [4.69, 9.17) is 0 Å². The van der Waals surface area contributed by atoms with Crippen LogP contribution in [0.25, 0.3) is 0 Å². The minimum Gasteiger partial charge on any atom is -0.379 e. The van der Waals surface area contributed by atoms with Crippen LogP contribution in [0, 0.1) is 0 Å². The zero-order valence-electron chi connectivity index (χ0n) is 10.2. The van der Waals surface area contributed by atoms with Gasteiger partial charge in [0.2, 0.25) is 0 Å². The van der Waals surface area contributed by atoms with Crippen molar-refractivity contribution in [1.82, 2.24) is 0 Å². The second-order valence-corrected chi connectivity index (χ2v) is 4.92. The molecule has 0 saturated heterocycles. The highest BCUT2D eigenvalue weighted by Crippen LogP contribution is 2.45. The van der Waals surface area contributed by atoms with Crippen LogP contribution in [0.15, 0.2) is 18.2 Å². The van der Waals surface area contributed by atoms with Gasteiger partial charge in [-0.3, -0.25) is 0 Å². The van der Waals surface area contributed by atoms with Crippen LogP contribution in [0.2, 0.25) is 0 Å². The summed E-state index contributed by atoms with van der Waals surface area (Å²) in [6, 6.07) is 3.97. The molecule has 2 atom stereocenters. The average Bonchev–Trinajstić information content (AvgIpc) is 2.51. The van der Waals surface area contributed by atoms with Crippen LogP contribution in [0.1, 0.15) is 44.2 Å². The molecule has 0 spiro atoms. The van der Waals surface area contributed by atoms with Gasteiger partial charge in [-0.2, -0.15) is 13.2 Å². The summed E-state index contributed by atoms with van der Waals surface area (Å²) in [6.07, 6.45) is -3.39. The van der Waals surface area contributed by atoms with Gasteiger partial charge in [0.1, 0.15) is 0 Å². The minimum atomic E-state index is -4.27. The molecular formula is C13H16F3N.